The van der Waals surface area contributed by atoms with E-state index in [9.17, 15) is 24.0 Å². The number of amides is 5. The number of benzene rings is 2. The van der Waals surface area contributed by atoms with Crippen molar-refractivity contribution in [1.29, 1.82) is 0 Å². The summed E-state index contributed by atoms with van der Waals surface area (Å²) in [5, 5.41) is 2.60. The van der Waals surface area contributed by atoms with Gasteiger partial charge in [-0.05, 0) is 68.9 Å². The fourth-order valence-corrected chi connectivity index (χ4v) is 9.27. The Morgan fingerprint density at radius 2 is 1.59 bits per heavy atom. The van der Waals surface area contributed by atoms with Crippen LogP contribution in [0.4, 0.5) is 27.4 Å². The van der Waals surface area contributed by atoms with Gasteiger partial charge in [-0.25, -0.2) is 19.2 Å². The Kier molecular flexibility index (Phi) is 11.2. The van der Waals surface area contributed by atoms with Gasteiger partial charge >= 0.3 is 0 Å². The summed E-state index contributed by atoms with van der Waals surface area (Å²) in [7, 11) is 0. The summed E-state index contributed by atoms with van der Waals surface area (Å²) >= 11 is 6.31. The molecular formula is C42H46ClFN10O5. The maximum absolute atomic E-state index is 15.4. The number of imide groups is 2. The topological polar surface area (TPSA) is 147 Å². The standard InChI is InChI=1S/C42H46ClFN10O5/c1-25-23-53(26(2)22-52(25)29-4-5-34(45-3)32(43)17-29)38(56)16-28-20-46-42(47-21-28)51-10-8-27(9-11-51)24-49-12-14-50(15-13-49)36-19-31-30(18-33(36)44)40(58)54(41(31)59)35-6-7-37(55)48-39(35)57/h4-5,17-21,25-27,35H,6-16,22-24H2,1-2H3,(H,48,55,57)/t25-,26+,35-/m0/s1. The lowest BCUT2D eigenvalue weighted by molar-refractivity contribution is -0.136. The molecule has 15 nitrogen and oxygen atoms in total. The zero-order valence-corrected chi connectivity index (χ0v) is 33.8. The molecule has 1 N–H and O–H groups in total. The van der Waals surface area contributed by atoms with Crippen molar-refractivity contribution in [2.75, 3.05) is 73.6 Å². The Morgan fingerprint density at radius 3 is 2.25 bits per heavy atom. The number of carbonyl (C=O) groups is 5. The van der Waals surface area contributed by atoms with Crippen LogP contribution in [0.25, 0.3) is 4.85 Å². The van der Waals surface area contributed by atoms with Gasteiger partial charge in [0.25, 0.3) is 11.8 Å². The molecule has 0 aliphatic carbocycles. The Hall–Kier alpha value is -5.66. The number of fused-ring (bicyclic) bond motifs is 1. The lowest BCUT2D eigenvalue weighted by Crippen LogP contribution is -2.58. The Labute approximate surface area is 346 Å². The number of piperidine rings is 2. The van der Waals surface area contributed by atoms with Crippen LogP contribution in [0.1, 0.15) is 65.8 Å². The van der Waals surface area contributed by atoms with Gasteiger partial charge in [-0.2, -0.15) is 0 Å². The minimum atomic E-state index is -1.10. The largest absolute Gasteiger partial charge is 0.367 e. The van der Waals surface area contributed by atoms with Gasteiger partial charge in [0.05, 0.1) is 29.8 Å². The van der Waals surface area contributed by atoms with Gasteiger partial charge in [0, 0.05) is 101 Å². The number of hydrogen-bond donors (Lipinski definition) is 1. The van der Waals surface area contributed by atoms with E-state index >= 15 is 4.39 Å². The van der Waals surface area contributed by atoms with Crippen LogP contribution >= 0.6 is 11.6 Å². The molecule has 17 heteroatoms. The fourth-order valence-electron chi connectivity index (χ4n) is 9.05. The first-order valence-corrected chi connectivity index (χ1v) is 20.6. The molecule has 5 aliphatic rings. The highest BCUT2D eigenvalue weighted by molar-refractivity contribution is 6.33. The fraction of sp³-hybridized carbons (Fsp3) is 0.476. The average molecular weight is 825 g/mol. The first-order chi connectivity index (χ1) is 28.4. The molecule has 1 aromatic heterocycles. The second-order valence-electron chi connectivity index (χ2n) is 16.2. The lowest BCUT2D eigenvalue weighted by atomic mass is 9.96. The molecule has 8 rings (SSSR count). The Bertz CT molecular complexity index is 2220. The second kappa shape index (κ2) is 16.5. The molecule has 0 bridgehead atoms. The van der Waals surface area contributed by atoms with E-state index in [2.05, 4.69) is 41.8 Å². The predicted molar refractivity (Wildman–Crippen MR) is 218 cm³/mol. The SMILES string of the molecule is [C-]#[N+]c1ccc(N2C[C@@H](C)N(C(=O)Cc3cnc(N4CCC(CN5CCN(c6cc7c(cc6F)C(=O)N([C@H]6CCC(=O)NC6=O)C7=O)CC5)CC4)nc3)C[C@@H]2C)cc1Cl. The molecule has 4 saturated heterocycles. The number of nitrogens with one attached hydrogen (secondary N) is 1. The molecule has 0 unspecified atom stereocenters. The first-order valence-electron chi connectivity index (χ1n) is 20.2. The minimum absolute atomic E-state index is 0.0147. The van der Waals surface area contributed by atoms with Crippen LogP contribution in [0, 0.1) is 18.3 Å². The first kappa shape index (κ1) is 40.1. The van der Waals surface area contributed by atoms with Gasteiger partial charge in [-0.1, -0.05) is 17.7 Å². The molecule has 0 spiro atoms. The van der Waals surface area contributed by atoms with Gasteiger partial charge < -0.3 is 19.6 Å². The van der Waals surface area contributed by atoms with Crippen molar-refractivity contribution in [3.63, 3.8) is 0 Å². The van der Waals surface area contributed by atoms with Crippen LogP contribution in [0.2, 0.25) is 5.02 Å². The van der Waals surface area contributed by atoms with E-state index in [0.29, 0.717) is 48.8 Å². The zero-order valence-electron chi connectivity index (χ0n) is 33.1. The van der Waals surface area contributed by atoms with Crippen molar-refractivity contribution >= 4 is 64.1 Å². The van der Waals surface area contributed by atoms with E-state index in [1.165, 1.54) is 6.07 Å². The summed E-state index contributed by atoms with van der Waals surface area (Å²) < 4.78 is 15.4. The maximum atomic E-state index is 15.4. The lowest BCUT2D eigenvalue weighted by Gasteiger charge is -2.45. The minimum Gasteiger partial charge on any atom is -0.367 e. The molecule has 4 fully saturated rings. The third-order valence-electron chi connectivity index (χ3n) is 12.4. The molecule has 5 amide bonds. The van der Waals surface area contributed by atoms with Gasteiger partial charge in [0.2, 0.25) is 29.4 Å². The van der Waals surface area contributed by atoms with Gasteiger partial charge in [-0.15, -0.1) is 0 Å². The summed E-state index contributed by atoms with van der Waals surface area (Å²) in [5.41, 5.74) is 2.39. The number of hydrogen-bond acceptors (Lipinski definition) is 11. The third kappa shape index (κ3) is 8.05. The van der Waals surface area contributed by atoms with Crippen LogP contribution in [0.5, 0.6) is 0 Å². The van der Waals surface area contributed by atoms with Crippen molar-refractivity contribution in [2.24, 2.45) is 5.92 Å². The quantitative estimate of drug-likeness (QED) is 0.261. The molecule has 308 valence electrons. The summed E-state index contributed by atoms with van der Waals surface area (Å²) in [5.74, 6) is -1.95. The molecular weight excluding hydrogens is 779 g/mol. The molecule has 0 saturated carbocycles. The predicted octanol–water partition coefficient (Wildman–Crippen LogP) is 3.93. The number of halogens is 2. The number of nitrogens with zero attached hydrogens (tertiary/aromatic N) is 9. The monoisotopic (exact) mass is 824 g/mol. The molecule has 59 heavy (non-hydrogen) atoms. The maximum Gasteiger partial charge on any atom is 0.262 e. The molecule has 3 atom stereocenters. The molecule has 2 aromatic carbocycles. The van der Waals surface area contributed by atoms with Gasteiger partial charge in [-0.3, -0.25) is 39.1 Å². The van der Waals surface area contributed by atoms with Crippen molar-refractivity contribution < 1.29 is 28.4 Å². The number of anilines is 3. The van der Waals surface area contributed by atoms with Gasteiger partial charge in [0.1, 0.15) is 11.9 Å². The molecule has 3 aromatic rings. The third-order valence-corrected chi connectivity index (χ3v) is 12.7. The normalized spacial score (nSPS) is 23.1. The van der Waals surface area contributed by atoms with E-state index in [1.807, 2.05) is 28.9 Å². The van der Waals surface area contributed by atoms with Crippen LogP contribution in [0.3, 0.4) is 0 Å². The van der Waals surface area contributed by atoms with Crippen LogP contribution in [-0.4, -0.2) is 131 Å². The van der Waals surface area contributed by atoms with E-state index in [1.54, 1.807) is 18.5 Å². The van der Waals surface area contributed by atoms with Crippen LogP contribution in [0.15, 0.2) is 42.7 Å². The summed E-state index contributed by atoms with van der Waals surface area (Å²) in [6.07, 6.45) is 5.73. The molecule has 6 heterocycles. The van der Waals surface area contributed by atoms with E-state index in [-0.39, 0.29) is 54.1 Å². The Balaban J connectivity index is 0.788. The van der Waals surface area contributed by atoms with Gasteiger partial charge in [0.15, 0.2) is 0 Å². The van der Waals surface area contributed by atoms with Crippen LogP contribution in [-0.2, 0) is 20.8 Å². The van der Waals surface area contributed by atoms with E-state index < -0.39 is 35.5 Å². The average Bonchev–Trinajstić information content (AvgIpc) is 3.46. The van der Waals surface area contributed by atoms with Crippen molar-refractivity contribution in [3.05, 3.63) is 81.7 Å². The van der Waals surface area contributed by atoms with E-state index in [0.717, 1.165) is 67.8 Å². The summed E-state index contributed by atoms with van der Waals surface area (Å²) in [4.78, 5) is 88.1. The number of piperazine rings is 2. The highest BCUT2D eigenvalue weighted by Crippen LogP contribution is 2.35. The van der Waals surface area contributed by atoms with E-state index in [4.69, 9.17) is 18.2 Å². The molecule has 0 radical (unpaired) electrons. The van der Waals surface area contributed by atoms with Crippen molar-refractivity contribution in [3.8, 4) is 0 Å². The highest BCUT2D eigenvalue weighted by Gasteiger charge is 2.45. The zero-order chi connectivity index (χ0) is 41.5. The number of aromatic nitrogens is 2. The number of carbonyl (C=O) groups excluding carboxylic acids is 5. The van der Waals surface area contributed by atoms with Crippen LogP contribution < -0.4 is 20.0 Å². The number of rotatable bonds is 8. The van der Waals surface area contributed by atoms with Crippen molar-refractivity contribution in [1.82, 2.24) is 30.0 Å². The van der Waals surface area contributed by atoms with Crippen molar-refractivity contribution in [2.45, 2.75) is 64.1 Å². The summed E-state index contributed by atoms with van der Waals surface area (Å²) in [6.45, 7) is 17.7. The molecule has 5 aliphatic heterocycles. The Morgan fingerprint density at radius 1 is 0.898 bits per heavy atom. The second-order valence-corrected chi connectivity index (χ2v) is 16.6. The summed E-state index contributed by atoms with van der Waals surface area (Å²) in [6, 6.07) is 6.94. The highest BCUT2D eigenvalue weighted by atomic mass is 35.5. The smallest absolute Gasteiger partial charge is 0.262 e.